The lowest BCUT2D eigenvalue weighted by Crippen LogP contribution is -2.38. The van der Waals surface area contributed by atoms with E-state index in [2.05, 4.69) is 5.32 Å². The van der Waals surface area contributed by atoms with E-state index in [9.17, 15) is 9.59 Å². The number of imide groups is 1. The Balaban J connectivity index is 2.36. The Morgan fingerprint density at radius 3 is 2.77 bits per heavy atom. The van der Waals surface area contributed by atoms with Crippen LogP contribution in [-0.2, 0) is 9.59 Å². The average Bonchev–Trinajstić information content (AvgIpc) is 2.34. The van der Waals surface area contributed by atoms with Gasteiger partial charge in [-0.15, -0.1) is 0 Å². The second-order valence-corrected chi connectivity index (χ2v) is 3.14. The number of nitrogens with two attached hydrogens (primary N) is 1. The molecule has 0 aliphatic carbocycles. The Morgan fingerprint density at radius 1 is 1.62 bits per heavy atom. The van der Waals surface area contributed by atoms with Crippen molar-refractivity contribution in [2.75, 3.05) is 20.1 Å². The van der Waals surface area contributed by atoms with Crippen molar-refractivity contribution in [2.24, 2.45) is 5.73 Å². The molecule has 2 amide bonds. The summed E-state index contributed by atoms with van der Waals surface area (Å²) in [4.78, 5) is 23.6. The van der Waals surface area contributed by atoms with E-state index in [0.717, 1.165) is 6.42 Å². The van der Waals surface area contributed by atoms with Crippen molar-refractivity contribution < 1.29 is 9.59 Å². The number of hydrogen-bond donors (Lipinski definition) is 2. The molecule has 1 aliphatic rings. The third kappa shape index (κ3) is 2.26. The first kappa shape index (κ1) is 10.1. The van der Waals surface area contributed by atoms with Gasteiger partial charge in [-0.1, -0.05) is 0 Å². The molecule has 0 bridgehead atoms. The highest BCUT2D eigenvalue weighted by Crippen LogP contribution is 2.09. The summed E-state index contributed by atoms with van der Waals surface area (Å²) in [5, 5.41) is 3.00. The highest BCUT2D eigenvalue weighted by atomic mass is 16.2. The fourth-order valence-electron chi connectivity index (χ4n) is 1.29. The maximum atomic E-state index is 11.3. The van der Waals surface area contributed by atoms with Crippen molar-refractivity contribution >= 4 is 11.8 Å². The molecule has 1 unspecified atom stereocenters. The van der Waals surface area contributed by atoms with Gasteiger partial charge in [0.05, 0.1) is 12.5 Å². The molecule has 1 aliphatic heterocycles. The second kappa shape index (κ2) is 4.34. The van der Waals surface area contributed by atoms with Gasteiger partial charge in [-0.05, 0) is 19.5 Å². The second-order valence-electron chi connectivity index (χ2n) is 3.14. The summed E-state index contributed by atoms with van der Waals surface area (Å²) in [6, 6.07) is -0.330. The lowest BCUT2D eigenvalue weighted by atomic mass is 10.2. The van der Waals surface area contributed by atoms with Crippen molar-refractivity contribution in [3.05, 3.63) is 0 Å². The Morgan fingerprint density at radius 2 is 2.31 bits per heavy atom. The van der Waals surface area contributed by atoms with E-state index in [1.165, 1.54) is 11.9 Å². The van der Waals surface area contributed by atoms with Gasteiger partial charge in [0.15, 0.2) is 0 Å². The molecule has 1 atom stereocenters. The number of carbonyl (C=O) groups is 2. The van der Waals surface area contributed by atoms with Crippen LogP contribution in [0.2, 0.25) is 0 Å². The number of likely N-dealkylation sites (N-methyl/N-ethyl adjacent to an activating group) is 1. The van der Waals surface area contributed by atoms with Crippen molar-refractivity contribution in [2.45, 2.75) is 18.9 Å². The third-order valence-electron chi connectivity index (χ3n) is 2.15. The van der Waals surface area contributed by atoms with Crippen molar-refractivity contribution in [3.8, 4) is 0 Å². The lowest BCUT2D eigenvalue weighted by molar-refractivity contribution is -0.137. The highest BCUT2D eigenvalue weighted by Gasteiger charge is 2.35. The van der Waals surface area contributed by atoms with Crippen LogP contribution in [0.3, 0.4) is 0 Å². The van der Waals surface area contributed by atoms with Crippen molar-refractivity contribution in [1.82, 2.24) is 10.2 Å². The van der Waals surface area contributed by atoms with E-state index in [4.69, 9.17) is 5.73 Å². The summed E-state index contributed by atoms with van der Waals surface area (Å²) in [5.41, 5.74) is 5.30. The normalized spacial score (nSPS) is 22.9. The number of hydrogen-bond acceptors (Lipinski definition) is 4. The van der Waals surface area contributed by atoms with Gasteiger partial charge in [-0.2, -0.15) is 0 Å². The quantitative estimate of drug-likeness (QED) is 0.421. The number of likely N-dealkylation sites (tertiary alicyclic amines) is 1. The van der Waals surface area contributed by atoms with E-state index in [1.54, 1.807) is 0 Å². The zero-order valence-electron chi connectivity index (χ0n) is 7.75. The molecule has 0 spiro atoms. The smallest absolute Gasteiger partial charge is 0.246 e. The molecule has 3 N–H and O–H groups in total. The van der Waals surface area contributed by atoms with Crippen LogP contribution in [0.15, 0.2) is 0 Å². The Labute approximate surface area is 77.3 Å². The first-order valence-electron chi connectivity index (χ1n) is 4.40. The first-order valence-corrected chi connectivity index (χ1v) is 4.40. The van der Waals surface area contributed by atoms with Crippen LogP contribution in [0.4, 0.5) is 0 Å². The first-order chi connectivity index (χ1) is 6.16. The molecule has 5 nitrogen and oxygen atoms in total. The summed E-state index contributed by atoms with van der Waals surface area (Å²) >= 11 is 0. The Bertz CT molecular complexity index is 217. The molecule has 13 heavy (non-hydrogen) atoms. The van der Waals surface area contributed by atoms with Gasteiger partial charge in [0.2, 0.25) is 11.8 Å². The van der Waals surface area contributed by atoms with Crippen LogP contribution in [-0.4, -0.2) is 42.9 Å². The van der Waals surface area contributed by atoms with Gasteiger partial charge in [0.25, 0.3) is 0 Å². The minimum atomic E-state index is -0.330. The third-order valence-corrected chi connectivity index (χ3v) is 2.15. The van der Waals surface area contributed by atoms with Crippen LogP contribution < -0.4 is 11.1 Å². The van der Waals surface area contributed by atoms with Gasteiger partial charge in [-0.3, -0.25) is 14.5 Å². The molecule has 1 fully saturated rings. The predicted octanol–water partition coefficient (Wildman–Crippen LogP) is -1.32. The molecule has 74 valence electrons. The van der Waals surface area contributed by atoms with Crippen molar-refractivity contribution in [1.29, 1.82) is 0 Å². The fourth-order valence-corrected chi connectivity index (χ4v) is 1.29. The molecule has 1 saturated heterocycles. The zero-order chi connectivity index (χ0) is 9.84. The summed E-state index contributed by atoms with van der Waals surface area (Å²) in [6.07, 6.45) is 1.10. The summed E-state index contributed by atoms with van der Waals surface area (Å²) in [7, 11) is 1.51. The largest absolute Gasteiger partial charge is 0.330 e. The lowest BCUT2D eigenvalue weighted by Gasteiger charge is -2.09. The summed E-state index contributed by atoms with van der Waals surface area (Å²) in [5.74, 6) is -0.253. The molecule has 0 aromatic heterocycles. The Hall–Kier alpha value is -0.940. The van der Waals surface area contributed by atoms with Crippen LogP contribution >= 0.6 is 0 Å². The zero-order valence-corrected chi connectivity index (χ0v) is 7.75. The van der Waals surface area contributed by atoms with Gasteiger partial charge in [0, 0.05) is 7.05 Å². The summed E-state index contributed by atoms with van der Waals surface area (Å²) < 4.78 is 0. The maximum Gasteiger partial charge on any atom is 0.246 e. The Kier molecular flexibility index (Phi) is 3.39. The SMILES string of the molecule is CN1C(=O)CC(NCCCN)C1=O. The minimum Gasteiger partial charge on any atom is -0.330 e. The summed E-state index contributed by atoms with van der Waals surface area (Å²) in [6.45, 7) is 1.28. The molecular weight excluding hydrogens is 170 g/mol. The number of nitrogens with zero attached hydrogens (tertiary/aromatic N) is 1. The van der Waals surface area contributed by atoms with E-state index < -0.39 is 0 Å². The monoisotopic (exact) mass is 185 g/mol. The predicted molar refractivity (Wildman–Crippen MR) is 47.9 cm³/mol. The number of nitrogens with one attached hydrogen (secondary N) is 1. The van der Waals surface area contributed by atoms with E-state index in [0.29, 0.717) is 13.1 Å². The van der Waals surface area contributed by atoms with Crippen LogP contribution in [0.25, 0.3) is 0 Å². The van der Waals surface area contributed by atoms with Crippen LogP contribution in [0.1, 0.15) is 12.8 Å². The standard InChI is InChI=1S/C8H15N3O2/c1-11-7(12)5-6(8(11)13)10-4-2-3-9/h6,10H,2-5,9H2,1H3. The van der Waals surface area contributed by atoms with E-state index >= 15 is 0 Å². The van der Waals surface area contributed by atoms with Gasteiger partial charge in [-0.25, -0.2) is 0 Å². The highest BCUT2D eigenvalue weighted by molar-refractivity contribution is 6.05. The number of rotatable bonds is 4. The number of carbonyl (C=O) groups excluding carboxylic acids is 2. The van der Waals surface area contributed by atoms with Crippen LogP contribution in [0, 0.1) is 0 Å². The topological polar surface area (TPSA) is 75.4 Å². The average molecular weight is 185 g/mol. The molecule has 0 radical (unpaired) electrons. The van der Waals surface area contributed by atoms with Gasteiger partial charge < -0.3 is 11.1 Å². The molecule has 0 aromatic carbocycles. The van der Waals surface area contributed by atoms with Gasteiger partial charge in [0.1, 0.15) is 0 Å². The number of amides is 2. The molecule has 5 heteroatoms. The van der Waals surface area contributed by atoms with Crippen molar-refractivity contribution in [3.63, 3.8) is 0 Å². The fraction of sp³-hybridized carbons (Fsp3) is 0.750. The van der Waals surface area contributed by atoms with E-state index in [-0.39, 0.29) is 24.3 Å². The molecule has 1 heterocycles. The van der Waals surface area contributed by atoms with Crippen LogP contribution in [0.5, 0.6) is 0 Å². The minimum absolute atomic E-state index is 0.116. The molecular formula is C8H15N3O2. The molecule has 1 rings (SSSR count). The maximum absolute atomic E-state index is 11.3. The van der Waals surface area contributed by atoms with Gasteiger partial charge >= 0.3 is 0 Å². The van der Waals surface area contributed by atoms with E-state index in [1.807, 2.05) is 0 Å². The molecule has 0 aromatic rings. The molecule has 0 saturated carbocycles.